The minimum absolute atomic E-state index is 0.152. The topological polar surface area (TPSA) is 145 Å². The molecule has 1 aliphatic rings. The third-order valence-electron chi connectivity index (χ3n) is 2.41. The molecule has 1 heterocycles. The number of hydrogen-bond donors (Lipinski definition) is 5. The number of rotatable bonds is 3. The lowest BCUT2D eigenvalue weighted by Crippen LogP contribution is -2.61. The van der Waals surface area contributed by atoms with Crippen molar-refractivity contribution in [2.75, 3.05) is 19.5 Å². The van der Waals surface area contributed by atoms with Crippen LogP contribution < -0.4 is 10.0 Å². The molecule has 18 heavy (non-hydrogen) atoms. The Morgan fingerprint density at radius 3 is 2.50 bits per heavy atom. The van der Waals surface area contributed by atoms with Gasteiger partial charge in [-0.3, -0.25) is 0 Å². The summed E-state index contributed by atoms with van der Waals surface area (Å²) >= 11 is 0. The maximum absolute atomic E-state index is 11.2. The molecule has 1 fully saturated rings. The van der Waals surface area contributed by atoms with Crippen molar-refractivity contribution in [1.82, 2.24) is 10.0 Å². The second-order valence-corrected chi connectivity index (χ2v) is 5.74. The summed E-state index contributed by atoms with van der Waals surface area (Å²) in [5, 5.41) is 30.2. The molecule has 0 bridgehead atoms. The number of ether oxygens (including phenoxy) is 1. The molecule has 0 aromatic heterocycles. The number of sulfonamides is 1. The van der Waals surface area contributed by atoms with E-state index in [0.29, 0.717) is 0 Å². The molecule has 1 saturated heterocycles. The minimum atomic E-state index is -3.71. The van der Waals surface area contributed by atoms with Gasteiger partial charge in [0, 0.05) is 0 Å². The van der Waals surface area contributed by atoms with Crippen LogP contribution >= 0.6 is 0 Å². The van der Waals surface area contributed by atoms with Gasteiger partial charge in [0.2, 0.25) is 10.0 Å². The van der Waals surface area contributed by atoms with E-state index in [-0.39, 0.29) is 6.61 Å². The molecule has 5 N–H and O–H groups in total. The number of urea groups is 1. The highest BCUT2D eigenvalue weighted by Crippen LogP contribution is 2.15. The van der Waals surface area contributed by atoms with Crippen LogP contribution in [0.5, 0.6) is 0 Å². The van der Waals surface area contributed by atoms with Crippen LogP contribution in [-0.4, -0.2) is 73.6 Å². The van der Waals surface area contributed by atoms with Gasteiger partial charge in [0.05, 0.1) is 25.5 Å². The lowest BCUT2D eigenvalue weighted by molar-refractivity contribution is -0.159. The monoisotopic (exact) mass is 284 g/mol. The van der Waals surface area contributed by atoms with Gasteiger partial charge in [-0.15, -0.1) is 0 Å². The van der Waals surface area contributed by atoms with Crippen LogP contribution in [0.25, 0.3) is 0 Å². The predicted octanol–water partition coefficient (Wildman–Crippen LogP) is -3.27. The van der Waals surface area contributed by atoms with E-state index < -0.39 is 47.0 Å². The number of carbonyl (C=O) groups excluding carboxylic acids is 1. The van der Waals surface area contributed by atoms with Gasteiger partial charge in [-0.2, -0.15) is 0 Å². The van der Waals surface area contributed by atoms with Gasteiger partial charge in [-0.1, -0.05) is 0 Å². The highest BCUT2D eigenvalue weighted by molar-refractivity contribution is 7.89. The van der Waals surface area contributed by atoms with Crippen molar-refractivity contribution in [2.24, 2.45) is 0 Å². The smallest absolute Gasteiger partial charge is 0.328 e. The summed E-state index contributed by atoms with van der Waals surface area (Å²) in [6.07, 6.45) is -2.86. The van der Waals surface area contributed by atoms with Gasteiger partial charge in [-0.25, -0.2) is 17.9 Å². The molecule has 2 amide bonds. The number of aliphatic hydroxyl groups excluding tert-OH is 3. The zero-order valence-corrected chi connectivity index (χ0v) is 10.4. The second-order valence-electron chi connectivity index (χ2n) is 3.99. The van der Waals surface area contributed by atoms with Gasteiger partial charge >= 0.3 is 6.03 Å². The van der Waals surface area contributed by atoms with Crippen LogP contribution in [0.4, 0.5) is 4.79 Å². The highest BCUT2D eigenvalue weighted by atomic mass is 32.2. The number of carbonyl (C=O) groups is 1. The quantitative estimate of drug-likeness (QED) is 0.365. The average molecular weight is 284 g/mol. The zero-order valence-electron chi connectivity index (χ0n) is 9.61. The van der Waals surface area contributed by atoms with Gasteiger partial charge < -0.3 is 25.4 Å². The largest absolute Gasteiger partial charge is 0.394 e. The first-order valence-corrected chi connectivity index (χ1v) is 7.00. The van der Waals surface area contributed by atoms with E-state index in [4.69, 9.17) is 9.84 Å². The Hall–Kier alpha value is -0.940. The van der Waals surface area contributed by atoms with Crippen LogP contribution in [0, 0.1) is 0 Å². The van der Waals surface area contributed by atoms with Crippen LogP contribution in [0.1, 0.15) is 0 Å². The first kappa shape index (κ1) is 15.1. The Balaban J connectivity index is 2.56. The van der Waals surface area contributed by atoms with Crippen molar-refractivity contribution in [3.63, 3.8) is 0 Å². The Labute approximate surface area is 104 Å². The van der Waals surface area contributed by atoms with Crippen molar-refractivity contribution >= 4 is 16.1 Å². The number of nitrogens with one attached hydrogen (secondary N) is 2. The van der Waals surface area contributed by atoms with Crippen molar-refractivity contribution in [2.45, 2.75) is 24.4 Å². The maximum Gasteiger partial charge on any atom is 0.328 e. The Morgan fingerprint density at radius 2 is 2.00 bits per heavy atom. The van der Waals surface area contributed by atoms with Crippen LogP contribution in [0.2, 0.25) is 0 Å². The third-order valence-corrected chi connectivity index (χ3v) is 2.96. The Morgan fingerprint density at radius 1 is 1.39 bits per heavy atom. The van der Waals surface area contributed by atoms with E-state index in [2.05, 4.69) is 5.32 Å². The molecule has 4 atom stereocenters. The van der Waals surface area contributed by atoms with E-state index in [1.165, 1.54) is 0 Å². The number of hydrogen-bond acceptors (Lipinski definition) is 7. The molecule has 0 aromatic rings. The molecule has 0 aliphatic carbocycles. The Kier molecular flexibility index (Phi) is 4.87. The normalized spacial score (nSPS) is 32.9. The number of amides is 2. The van der Waals surface area contributed by atoms with Gasteiger partial charge in [0.1, 0.15) is 18.3 Å². The fraction of sp³-hybridized carbons (Fsp3) is 0.875. The van der Waals surface area contributed by atoms with Crippen LogP contribution in [-0.2, 0) is 14.8 Å². The van der Waals surface area contributed by atoms with E-state index in [9.17, 15) is 23.4 Å². The number of aliphatic hydroxyl groups is 3. The van der Waals surface area contributed by atoms with E-state index in [1.807, 2.05) is 0 Å². The van der Waals surface area contributed by atoms with Gasteiger partial charge in [0.15, 0.2) is 0 Å². The lowest BCUT2D eigenvalue weighted by atomic mass is 9.98. The second kappa shape index (κ2) is 5.80. The van der Waals surface area contributed by atoms with Crippen molar-refractivity contribution in [3.05, 3.63) is 0 Å². The van der Waals surface area contributed by atoms with E-state index >= 15 is 0 Å². The van der Waals surface area contributed by atoms with E-state index in [1.54, 1.807) is 4.72 Å². The molecule has 106 valence electrons. The molecule has 0 radical (unpaired) electrons. The first-order valence-electron chi connectivity index (χ1n) is 5.11. The maximum atomic E-state index is 11.2. The standard InChI is InChI=1S/C8H16N2O7S/c1-18(15,16)10-8(14)9-4-3-17-5(2-11)7(13)6(4)12/h4-7,11-13H,2-3H2,1H3,(H2,9,10,14)/t4-,5+,6+,7-/m0/s1. The molecule has 9 nitrogen and oxygen atoms in total. The SMILES string of the molecule is CS(=O)(=O)NC(=O)N[C@H]1CO[C@H](CO)[C@H](O)[C@@H]1O. The predicted molar refractivity (Wildman–Crippen MR) is 59.1 cm³/mol. The van der Waals surface area contributed by atoms with Crippen molar-refractivity contribution < 1.29 is 33.3 Å². The van der Waals surface area contributed by atoms with Gasteiger partial charge in [-0.05, 0) is 0 Å². The summed E-state index contributed by atoms with van der Waals surface area (Å²) < 4.78 is 28.2. The molecule has 0 aromatic carbocycles. The van der Waals surface area contributed by atoms with Crippen molar-refractivity contribution in [3.8, 4) is 0 Å². The summed E-state index contributed by atoms with van der Waals surface area (Å²) in [6.45, 7) is -0.624. The summed E-state index contributed by atoms with van der Waals surface area (Å²) in [6, 6.07) is -2.00. The summed E-state index contributed by atoms with van der Waals surface area (Å²) in [5.41, 5.74) is 0. The lowest BCUT2D eigenvalue weighted by Gasteiger charge is -2.36. The third kappa shape index (κ3) is 4.07. The molecular formula is C8H16N2O7S. The minimum Gasteiger partial charge on any atom is -0.394 e. The molecule has 0 spiro atoms. The average Bonchev–Trinajstić information content (AvgIpc) is 2.22. The summed E-state index contributed by atoms with van der Waals surface area (Å²) in [7, 11) is -3.71. The van der Waals surface area contributed by atoms with Gasteiger partial charge in [0.25, 0.3) is 0 Å². The summed E-state index contributed by atoms with van der Waals surface area (Å²) in [5.74, 6) is 0. The fourth-order valence-electron chi connectivity index (χ4n) is 1.54. The fourth-order valence-corrected chi connectivity index (χ4v) is 1.93. The first-order chi connectivity index (χ1) is 8.24. The van der Waals surface area contributed by atoms with Crippen LogP contribution in [0.15, 0.2) is 0 Å². The van der Waals surface area contributed by atoms with Crippen molar-refractivity contribution in [1.29, 1.82) is 0 Å². The highest BCUT2D eigenvalue weighted by Gasteiger charge is 2.38. The van der Waals surface area contributed by atoms with E-state index in [0.717, 1.165) is 6.26 Å². The Bertz CT molecular complexity index is 398. The molecule has 1 aliphatic heterocycles. The molecular weight excluding hydrogens is 268 g/mol. The molecule has 0 saturated carbocycles. The molecule has 0 unspecified atom stereocenters. The molecule has 1 rings (SSSR count). The van der Waals surface area contributed by atoms with Crippen LogP contribution in [0.3, 0.4) is 0 Å². The molecule has 10 heteroatoms. The summed E-state index contributed by atoms with van der Waals surface area (Å²) in [4.78, 5) is 11.2. The zero-order chi connectivity index (χ0) is 13.9.